The van der Waals surface area contributed by atoms with Gasteiger partial charge in [0, 0.05) is 6.04 Å². The lowest BCUT2D eigenvalue weighted by Crippen LogP contribution is -2.26. The summed E-state index contributed by atoms with van der Waals surface area (Å²) < 4.78 is 0. The van der Waals surface area contributed by atoms with E-state index in [4.69, 9.17) is 10.8 Å². The number of phenols is 1. The average Bonchev–Trinajstić information content (AvgIpc) is 3.29. The molecule has 1 aliphatic heterocycles. The minimum atomic E-state index is -1.15. The molecule has 0 amide bonds. The third-order valence-corrected chi connectivity index (χ3v) is 5.70. The maximum absolute atomic E-state index is 11.0. The average molecular weight is 431 g/mol. The molecule has 8 heteroatoms. The summed E-state index contributed by atoms with van der Waals surface area (Å²) >= 11 is 0. The molecular weight excluding hydrogens is 396 g/mol. The van der Waals surface area contributed by atoms with E-state index in [0.29, 0.717) is 11.2 Å². The third-order valence-electron chi connectivity index (χ3n) is 5.70. The largest absolute Gasteiger partial charge is 0.507 e. The number of aryl methyl sites for hydroxylation is 1. The number of nitrogens with one attached hydrogen (secondary N) is 2. The van der Waals surface area contributed by atoms with Crippen LogP contribution in [0.5, 0.6) is 5.75 Å². The first kappa shape index (κ1) is 24.6. The van der Waals surface area contributed by atoms with Crippen molar-refractivity contribution in [2.24, 2.45) is 0 Å². The molecule has 170 valence electrons. The number of carbonyl (C=O) groups is 2. The van der Waals surface area contributed by atoms with Crippen molar-refractivity contribution < 1.29 is 19.8 Å². The van der Waals surface area contributed by atoms with Gasteiger partial charge in [-0.1, -0.05) is 25.3 Å². The summed E-state index contributed by atoms with van der Waals surface area (Å²) in [5.74, 6) is -1.21. The zero-order chi connectivity index (χ0) is 22.8. The molecule has 0 spiro atoms. The Labute approximate surface area is 183 Å². The molecule has 1 aromatic carbocycles. The normalized spacial score (nSPS) is 18.5. The quantitative estimate of drug-likeness (QED) is 0.469. The van der Waals surface area contributed by atoms with Crippen LogP contribution in [0.4, 0.5) is 5.69 Å². The van der Waals surface area contributed by atoms with E-state index >= 15 is 0 Å². The van der Waals surface area contributed by atoms with Gasteiger partial charge in [-0.3, -0.25) is 4.98 Å². The minimum Gasteiger partial charge on any atom is -0.507 e. The Morgan fingerprint density at radius 1 is 1.23 bits per heavy atom. The summed E-state index contributed by atoms with van der Waals surface area (Å²) in [6.45, 7) is 2.59. The first-order chi connectivity index (χ1) is 14.9. The first-order valence-electron chi connectivity index (χ1n) is 10.9. The van der Waals surface area contributed by atoms with E-state index < -0.39 is 5.97 Å². The molecule has 1 saturated heterocycles. The number of nitrogens with two attached hydrogens (primary N) is 1. The van der Waals surface area contributed by atoms with Crippen molar-refractivity contribution in [2.75, 3.05) is 19.3 Å². The first-order valence-corrected chi connectivity index (χ1v) is 10.9. The molecule has 2 aromatic rings. The zero-order valence-electron chi connectivity index (χ0n) is 18.4. The number of carboxylic acids is 1. The van der Waals surface area contributed by atoms with Gasteiger partial charge < -0.3 is 31.4 Å². The molecule has 1 aromatic heterocycles. The fourth-order valence-electron chi connectivity index (χ4n) is 3.94. The predicted molar refractivity (Wildman–Crippen MR) is 123 cm³/mol. The lowest BCUT2D eigenvalue weighted by Gasteiger charge is -2.20. The van der Waals surface area contributed by atoms with Gasteiger partial charge in [0.1, 0.15) is 17.6 Å². The summed E-state index contributed by atoms with van der Waals surface area (Å²) in [6.07, 6.45) is 10.3. The van der Waals surface area contributed by atoms with Crippen LogP contribution < -0.4 is 16.4 Å². The zero-order valence-corrected chi connectivity index (χ0v) is 18.4. The van der Waals surface area contributed by atoms with Crippen molar-refractivity contribution in [1.29, 1.82) is 0 Å². The Kier molecular flexibility index (Phi) is 9.68. The highest BCUT2D eigenvalue weighted by molar-refractivity contribution is 6.06. The number of fused-ring (bicyclic) bond motifs is 1. The van der Waals surface area contributed by atoms with Crippen LogP contribution >= 0.6 is 0 Å². The van der Waals surface area contributed by atoms with Crippen LogP contribution in [0.25, 0.3) is 10.9 Å². The highest BCUT2D eigenvalue weighted by atomic mass is 16.4. The van der Waals surface area contributed by atoms with Crippen LogP contribution in [0.15, 0.2) is 18.2 Å². The number of hydrogen-bond acceptors (Lipinski definition) is 7. The molecule has 1 saturated carbocycles. The van der Waals surface area contributed by atoms with E-state index in [1.165, 1.54) is 38.2 Å². The number of aromatic carboxylic acids is 1. The van der Waals surface area contributed by atoms with Crippen LogP contribution in [0, 0.1) is 6.92 Å². The maximum Gasteiger partial charge on any atom is 0.339 e. The smallest absolute Gasteiger partial charge is 0.339 e. The highest BCUT2D eigenvalue weighted by Gasteiger charge is 2.17. The van der Waals surface area contributed by atoms with Crippen LogP contribution in [0.2, 0.25) is 0 Å². The monoisotopic (exact) mass is 430 g/mol. The molecular formula is C23H34N4O4. The number of carboxylic acid groups (broad SMARTS) is 1. The topological polar surface area (TPSA) is 138 Å². The second kappa shape index (κ2) is 12.2. The van der Waals surface area contributed by atoms with Gasteiger partial charge in [0.15, 0.2) is 0 Å². The van der Waals surface area contributed by atoms with E-state index in [0.717, 1.165) is 31.7 Å². The molecule has 31 heavy (non-hydrogen) atoms. The number of carbonyl (C=O) groups excluding carboxylic acids is 1. The summed E-state index contributed by atoms with van der Waals surface area (Å²) in [5.41, 5.74) is 6.55. The number of anilines is 1. The number of phenolic OH excluding ortho intramolecular Hbond substituents is 1. The van der Waals surface area contributed by atoms with Gasteiger partial charge in [-0.15, -0.1) is 0 Å². The van der Waals surface area contributed by atoms with Crippen molar-refractivity contribution in [1.82, 2.24) is 15.6 Å². The number of benzene rings is 1. The SMILES string of the molecule is CNC1CCCCC1.Cc1nc2cccc(O)c2c(N)c1C(=O)O.O=CC1CCCN1. The van der Waals surface area contributed by atoms with Gasteiger partial charge in [0.25, 0.3) is 0 Å². The van der Waals surface area contributed by atoms with Crippen molar-refractivity contribution >= 4 is 28.8 Å². The van der Waals surface area contributed by atoms with Gasteiger partial charge in [-0.05, 0) is 58.3 Å². The Bertz CT molecular complexity index is 875. The van der Waals surface area contributed by atoms with E-state index in [-0.39, 0.29) is 28.4 Å². The summed E-state index contributed by atoms with van der Waals surface area (Å²) in [4.78, 5) is 25.0. The third kappa shape index (κ3) is 6.90. The molecule has 1 unspecified atom stereocenters. The number of aldehydes is 1. The number of pyridine rings is 1. The van der Waals surface area contributed by atoms with Crippen molar-refractivity contribution in [3.63, 3.8) is 0 Å². The molecule has 6 N–H and O–H groups in total. The number of aromatic hydroxyl groups is 1. The van der Waals surface area contributed by atoms with Crippen LogP contribution in [-0.4, -0.2) is 53.1 Å². The van der Waals surface area contributed by atoms with Gasteiger partial charge in [-0.2, -0.15) is 0 Å². The summed E-state index contributed by atoms with van der Waals surface area (Å²) in [7, 11) is 2.07. The molecule has 2 aliphatic rings. The van der Waals surface area contributed by atoms with Crippen molar-refractivity contribution in [3.05, 3.63) is 29.5 Å². The molecule has 8 nitrogen and oxygen atoms in total. The number of aromatic nitrogens is 1. The minimum absolute atomic E-state index is 0.0492. The van der Waals surface area contributed by atoms with Gasteiger partial charge >= 0.3 is 5.97 Å². The van der Waals surface area contributed by atoms with E-state index in [1.54, 1.807) is 19.1 Å². The predicted octanol–water partition coefficient (Wildman–Crippen LogP) is 3.01. The number of nitrogen functional groups attached to an aromatic ring is 1. The molecule has 1 atom stereocenters. The Hall–Kier alpha value is -2.71. The number of nitrogens with zero attached hydrogens (tertiary/aromatic N) is 1. The Morgan fingerprint density at radius 2 is 1.94 bits per heavy atom. The maximum atomic E-state index is 11.0. The second-order valence-corrected chi connectivity index (χ2v) is 7.92. The lowest BCUT2D eigenvalue weighted by atomic mass is 9.96. The fourth-order valence-corrected chi connectivity index (χ4v) is 3.94. The van der Waals surface area contributed by atoms with E-state index in [9.17, 15) is 14.7 Å². The van der Waals surface area contributed by atoms with Crippen LogP contribution in [0.3, 0.4) is 0 Å². The summed E-state index contributed by atoms with van der Waals surface area (Å²) in [6, 6.07) is 5.75. The fraction of sp³-hybridized carbons (Fsp3) is 0.522. The molecule has 4 rings (SSSR count). The van der Waals surface area contributed by atoms with Gasteiger partial charge in [0.2, 0.25) is 0 Å². The Balaban J connectivity index is 0.000000189. The Morgan fingerprint density at radius 3 is 2.42 bits per heavy atom. The highest BCUT2D eigenvalue weighted by Crippen LogP contribution is 2.32. The molecule has 0 bridgehead atoms. The molecule has 0 radical (unpaired) electrons. The summed E-state index contributed by atoms with van der Waals surface area (Å²) in [5, 5.41) is 25.3. The lowest BCUT2D eigenvalue weighted by molar-refractivity contribution is -0.109. The van der Waals surface area contributed by atoms with E-state index in [1.807, 2.05) is 0 Å². The van der Waals surface area contributed by atoms with Gasteiger partial charge in [0.05, 0.1) is 28.3 Å². The number of hydrogen-bond donors (Lipinski definition) is 5. The standard InChI is InChI=1S/C11H10N2O3.C7H15N.C5H9NO/c1-5-8(11(15)16)10(12)9-6(13-5)3-2-4-7(9)14;1-8-7-5-3-2-4-6-7;7-4-5-2-1-3-6-5/h2-4,14H,1H3,(H2,12,13)(H,15,16);7-8H,2-6H2,1H3;4-6H,1-3H2. The van der Waals surface area contributed by atoms with Crippen LogP contribution in [0.1, 0.15) is 61.0 Å². The van der Waals surface area contributed by atoms with Crippen LogP contribution in [-0.2, 0) is 4.79 Å². The van der Waals surface area contributed by atoms with Gasteiger partial charge in [-0.25, -0.2) is 4.79 Å². The van der Waals surface area contributed by atoms with E-state index in [2.05, 4.69) is 22.7 Å². The second-order valence-electron chi connectivity index (χ2n) is 7.92. The molecule has 2 fully saturated rings. The molecule has 2 heterocycles. The molecule has 1 aliphatic carbocycles. The number of rotatable bonds is 3. The van der Waals surface area contributed by atoms with Crippen molar-refractivity contribution in [2.45, 2.75) is 64.0 Å². The van der Waals surface area contributed by atoms with Crippen molar-refractivity contribution in [3.8, 4) is 5.75 Å².